The smallest absolute Gasteiger partial charge is 0.165 e. The SMILES string of the molecule is C1=Cc2c(ccc3ccc(-c4nc(C5=C(c6ccccc6)CCc6oc7ccccc7c65)nc(-c5ccc6ccccc6c5)n4)cc23)CC1. The standard InChI is InChI=1S/C45H31N3O/c1-2-11-29(12-3-1)36-24-25-40-41(37-16-8-9-17-39(37)49-40)42(36)45-47-43(33-22-18-28-10-4-5-14-32(28)26-33)46-44(48-45)34-23-21-31-20-19-30-13-6-7-15-35(30)38(31)27-34/h1-5,7-12,14-23,26-27H,6,13,24-25H2. The first-order valence-corrected chi connectivity index (χ1v) is 17.0. The monoisotopic (exact) mass is 629 g/mol. The van der Waals surface area contributed by atoms with E-state index < -0.39 is 0 Å². The molecule has 0 atom stereocenters. The largest absolute Gasteiger partial charge is 0.460 e. The van der Waals surface area contributed by atoms with Crippen molar-refractivity contribution in [1.82, 2.24) is 15.0 Å². The molecule has 0 aliphatic heterocycles. The Labute approximate surface area is 284 Å². The Bertz CT molecular complexity index is 2660. The average molecular weight is 630 g/mol. The van der Waals surface area contributed by atoms with Crippen molar-refractivity contribution in [2.45, 2.75) is 25.7 Å². The first-order chi connectivity index (χ1) is 24.3. The minimum Gasteiger partial charge on any atom is -0.460 e. The van der Waals surface area contributed by atoms with Crippen LogP contribution in [-0.2, 0) is 12.8 Å². The number of aromatic nitrogens is 3. The van der Waals surface area contributed by atoms with Gasteiger partial charge in [-0.05, 0) is 81.3 Å². The van der Waals surface area contributed by atoms with Crippen LogP contribution in [0.3, 0.4) is 0 Å². The number of para-hydroxylation sites is 1. The highest BCUT2D eigenvalue weighted by Crippen LogP contribution is 2.45. The molecule has 0 radical (unpaired) electrons. The maximum atomic E-state index is 6.49. The third-order valence-corrected chi connectivity index (χ3v) is 10.1. The molecule has 2 heterocycles. The van der Waals surface area contributed by atoms with E-state index in [1.165, 1.54) is 38.4 Å². The fourth-order valence-corrected chi connectivity index (χ4v) is 7.69. The lowest BCUT2D eigenvalue weighted by molar-refractivity contribution is 0.547. The van der Waals surface area contributed by atoms with Gasteiger partial charge in [-0.25, -0.2) is 15.0 Å². The highest BCUT2D eigenvalue weighted by Gasteiger charge is 2.30. The molecule has 0 unspecified atom stereocenters. The van der Waals surface area contributed by atoms with Gasteiger partial charge in [-0.2, -0.15) is 0 Å². The Morgan fingerprint density at radius 2 is 1.22 bits per heavy atom. The topological polar surface area (TPSA) is 51.8 Å². The number of allylic oxidation sites excluding steroid dienone is 2. The molecular weight excluding hydrogens is 599 g/mol. The number of nitrogens with zero attached hydrogens (tertiary/aromatic N) is 3. The number of aryl methyl sites for hydroxylation is 2. The van der Waals surface area contributed by atoms with Gasteiger partial charge in [0.2, 0.25) is 0 Å². The molecular formula is C45H31N3O. The zero-order valence-electron chi connectivity index (χ0n) is 26.9. The first-order valence-electron chi connectivity index (χ1n) is 17.0. The molecule has 0 saturated heterocycles. The van der Waals surface area contributed by atoms with Crippen LogP contribution >= 0.6 is 0 Å². The third-order valence-electron chi connectivity index (χ3n) is 10.1. The summed E-state index contributed by atoms with van der Waals surface area (Å²) >= 11 is 0. The molecule has 0 spiro atoms. The quantitative estimate of drug-likeness (QED) is 0.194. The van der Waals surface area contributed by atoms with Crippen LogP contribution < -0.4 is 0 Å². The van der Waals surface area contributed by atoms with Crippen LogP contribution in [-0.4, -0.2) is 15.0 Å². The lowest BCUT2D eigenvalue weighted by Gasteiger charge is -2.21. The van der Waals surface area contributed by atoms with Crippen molar-refractivity contribution in [3.63, 3.8) is 0 Å². The van der Waals surface area contributed by atoms with Crippen LogP contribution in [0, 0.1) is 0 Å². The number of hydrogen-bond acceptors (Lipinski definition) is 4. The summed E-state index contributed by atoms with van der Waals surface area (Å²) in [6.07, 6.45) is 8.33. The zero-order valence-corrected chi connectivity index (χ0v) is 26.9. The van der Waals surface area contributed by atoms with Gasteiger partial charge in [-0.3, -0.25) is 0 Å². The summed E-state index contributed by atoms with van der Waals surface area (Å²) in [5.74, 6) is 2.96. The molecule has 2 aromatic heterocycles. The molecule has 8 aromatic rings. The minimum atomic E-state index is 0.653. The van der Waals surface area contributed by atoms with E-state index >= 15 is 0 Å². The predicted octanol–water partition coefficient (Wildman–Crippen LogP) is 11.1. The van der Waals surface area contributed by atoms with Gasteiger partial charge in [0.15, 0.2) is 17.5 Å². The molecule has 0 saturated carbocycles. The van der Waals surface area contributed by atoms with Gasteiger partial charge in [-0.1, -0.05) is 121 Å². The summed E-state index contributed by atoms with van der Waals surface area (Å²) in [5, 5.41) is 5.86. The van der Waals surface area contributed by atoms with Crippen molar-refractivity contribution in [3.8, 4) is 22.8 Å². The van der Waals surface area contributed by atoms with Crippen LogP contribution in [0.5, 0.6) is 0 Å². The second-order valence-electron chi connectivity index (χ2n) is 13.0. The van der Waals surface area contributed by atoms with Crippen molar-refractivity contribution in [3.05, 3.63) is 167 Å². The third kappa shape index (κ3) is 4.71. The van der Waals surface area contributed by atoms with Crippen LogP contribution in [0.25, 0.3) is 72.5 Å². The Morgan fingerprint density at radius 3 is 2.10 bits per heavy atom. The Kier molecular flexibility index (Phi) is 6.41. The van der Waals surface area contributed by atoms with Gasteiger partial charge in [-0.15, -0.1) is 0 Å². The number of benzene rings is 6. The van der Waals surface area contributed by atoms with Gasteiger partial charge >= 0.3 is 0 Å². The molecule has 4 nitrogen and oxygen atoms in total. The normalized spacial score (nSPS) is 14.0. The van der Waals surface area contributed by atoms with Gasteiger partial charge in [0.1, 0.15) is 11.3 Å². The summed E-state index contributed by atoms with van der Waals surface area (Å²) < 4.78 is 6.49. The molecule has 4 heteroatoms. The summed E-state index contributed by atoms with van der Waals surface area (Å²) in [5.41, 5.74) is 10.00. The Morgan fingerprint density at radius 1 is 0.510 bits per heavy atom. The van der Waals surface area contributed by atoms with E-state index in [1.807, 2.05) is 6.07 Å². The first kappa shape index (κ1) is 27.9. The molecule has 10 rings (SSSR count). The van der Waals surface area contributed by atoms with Crippen LogP contribution in [0.2, 0.25) is 0 Å². The lowest BCUT2D eigenvalue weighted by Crippen LogP contribution is -2.09. The highest BCUT2D eigenvalue weighted by molar-refractivity contribution is 6.07. The van der Waals surface area contributed by atoms with E-state index in [0.717, 1.165) is 70.1 Å². The fourth-order valence-electron chi connectivity index (χ4n) is 7.69. The van der Waals surface area contributed by atoms with Crippen LogP contribution in [0.1, 0.15) is 46.7 Å². The number of furan rings is 1. The molecule has 232 valence electrons. The average Bonchev–Trinajstić information content (AvgIpc) is 3.56. The van der Waals surface area contributed by atoms with E-state index in [-0.39, 0.29) is 0 Å². The number of hydrogen-bond donors (Lipinski definition) is 0. The van der Waals surface area contributed by atoms with E-state index in [4.69, 9.17) is 19.4 Å². The van der Waals surface area contributed by atoms with E-state index in [2.05, 4.69) is 133 Å². The maximum Gasteiger partial charge on any atom is 0.165 e. The molecule has 6 aromatic carbocycles. The van der Waals surface area contributed by atoms with Gasteiger partial charge in [0, 0.05) is 34.1 Å². The van der Waals surface area contributed by atoms with Gasteiger partial charge in [0.25, 0.3) is 0 Å². The molecule has 0 amide bonds. The summed E-state index contributed by atoms with van der Waals surface area (Å²) in [6, 6.07) is 45.0. The van der Waals surface area contributed by atoms with E-state index in [0.29, 0.717) is 17.5 Å². The molecule has 0 fully saturated rings. The molecule has 2 aliphatic rings. The molecule has 0 bridgehead atoms. The summed E-state index contributed by atoms with van der Waals surface area (Å²) in [6.45, 7) is 0. The van der Waals surface area contributed by atoms with E-state index in [1.54, 1.807) is 0 Å². The number of rotatable bonds is 4. The van der Waals surface area contributed by atoms with Crippen molar-refractivity contribution in [2.24, 2.45) is 0 Å². The fraction of sp³-hybridized carbons (Fsp3) is 0.0889. The molecule has 2 aliphatic carbocycles. The highest BCUT2D eigenvalue weighted by atomic mass is 16.3. The number of fused-ring (bicyclic) bond motifs is 7. The summed E-state index contributed by atoms with van der Waals surface area (Å²) in [4.78, 5) is 15.9. The second kappa shape index (κ2) is 11.2. The molecule has 0 N–H and O–H groups in total. The van der Waals surface area contributed by atoms with Gasteiger partial charge in [0.05, 0.1) is 0 Å². The Hall–Kier alpha value is -6.13. The molecule has 49 heavy (non-hydrogen) atoms. The van der Waals surface area contributed by atoms with Crippen molar-refractivity contribution >= 4 is 49.7 Å². The van der Waals surface area contributed by atoms with Gasteiger partial charge < -0.3 is 4.42 Å². The van der Waals surface area contributed by atoms with Crippen LogP contribution in [0.15, 0.2) is 138 Å². The second-order valence-corrected chi connectivity index (χ2v) is 13.0. The van der Waals surface area contributed by atoms with E-state index in [9.17, 15) is 0 Å². The maximum absolute atomic E-state index is 6.49. The van der Waals surface area contributed by atoms with Crippen molar-refractivity contribution in [1.29, 1.82) is 0 Å². The minimum absolute atomic E-state index is 0.653. The zero-order chi connectivity index (χ0) is 32.3. The summed E-state index contributed by atoms with van der Waals surface area (Å²) in [7, 11) is 0. The Balaban J connectivity index is 1.26. The lowest BCUT2D eigenvalue weighted by atomic mass is 9.84. The van der Waals surface area contributed by atoms with Crippen molar-refractivity contribution in [2.75, 3.05) is 0 Å². The van der Waals surface area contributed by atoms with Crippen molar-refractivity contribution < 1.29 is 4.42 Å². The van der Waals surface area contributed by atoms with Crippen LogP contribution in [0.4, 0.5) is 0 Å². The predicted molar refractivity (Wildman–Crippen MR) is 200 cm³/mol.